The third-order valence-corrected chi connectivity index (χ3v) is 2.02. The second-order valence-corrected chi connectivity index (χ2v) is 3.18. The summed E-state index contributed by atoms with van der Waals surface area (Å²) >= 11 is 0. The van der Waals surface area contributed by atoms with E-state index in [9.17, 15) is 0 Å². The van der Waals surface area contributed by atoms with Crippen molar-refractivity contribution in [1.82, 2.24) is 0 Å². The highest BCUT2D eigenvalue weighted by Crippen LogP contribution is 2.16. The van der Waals surface area contributed by atoms with Gasteiger partial charge in [-0.1, -0.05) is 31.2 Å². The zero-order valence-electron chi connectivity index (χ0n) is 7.54. The van der Waals surface area contributed by atoms with Gasteiger partial charge in [0.1, 0.15) is 0 Å². The average molecular weight is 159 g/mol. The summed E-state index contributed by atoms with van der Waals surface area (Å²) in [5.41, 5.74) is 1.87. The van der Waals surface area contributed by atoms with E-state index in [2.05, 4.69) is 19.1 Å². The predicted molar refractivity (Wildman–Crippen MR) is 50.4 cm³/mol. The number of nitriles is 1. The van der Waals surface area contributed by atoms with Crippen LogP contribution in [0.3, 0.4) is 0 Å². The number of rotatable bonds is 0. The van der Waals surface area contributed by atoms with Crippen LogP contribution in [0.5, 0.6) is 0 Å². The second kappa shape index (κ2) is 3.92. The molecule has 0 amide bonds. The lowest BCUT2D eigenvalue weighted by molar-refractivity contribution is 0.741. The van der Waals surface area contributed by atoms with Crippen LogP contribution in [0.4, 0.5) is 0 Å². The van der Waals surface area contributed by atoms with Gasteiger partial charge in [0, 0.05) is 0 Å². The normalized spacial score (nSPS) is 25.9. The molecular formula is C11H13N. The van der Waals surface area contributed by atoms with Crippen LogP contribution in [0.1, 0.15) is 20.3 Å². The molecule has 1 atom stereocenters. The molecule has 0 aromatic carbocycles. The summed E-state index contributed by atoms with van der Waals surface area (Å²) in [6.07, 6.45) is 9.16. The molecule has 0 heterocycles. The molecule has 0 bridgehead atoms. The number of allylic oxidation sites excluding steroid dienone is 6. The van der Waals surface area contributed by atoms with Crippen LogP contribution in [0, 0.1) is 17.2 Å². The quantitative estimate of drug-likeness (QED) is 0.533. The van der Waals surface area contributed by atoms with E-state index in [1.165, 1.54) is 0 Å². The van der Waals surface area contributed by atoms with Gasteiger partial charge in [-0.3, -0.25) is 0 Å². The van der Waals surface area contributed by atoms with E-state index >= 15 is 0 Å². The van der Waals surface area contributed by atoms with E-state index in [-0.39, 0.29) is 0 Å². The summed E-state index contributed by atoms with van der Waals surface area (Å²) in [4.78, 5) is 0. The maximum atomic E-state index is 8.78. The van der Waals surface area contributed by atoms with Crippen LogP contribution in [0.15, 0.2) is 35.5 Å². The summed E-state index contributed by atoms with van der Waals surface area (Å²) < 4.78 is 0. The fourth-order valence-corrected chi connectivity index (χ4v) is 1.16. The Morgan fingerprint density at radius 2 is 2.33 bits per heavy atom. The minimum Gasteiger partial charge on any atom is -0.192 e. The summed E-state index contributed by atoms with van der Waals surface area (Å²) in [6, 6.07) is 2.20. The first kappa shape index (κ1) is 8.80. The fraction of sp³-hybridized carbons (Fsp3) is 0.364. The topological polar surface area (TPSA) is 23.8 Å². The molecule has 0 fully saturated rings. The van der Waals surface area contributed by atoms with Crippen LogP contribution < -0.4 is 0 Å². The minimum absolute atomic E-state index is 0.540. The lowest BCUT2D eigenvalue weighted by Crippen LogP contribution is -1.91. The third kappa shape index (κ3) is 2.10. The molecule has 0 aromatic rings. The van der Waals surface area contributed by atoms with Gasteiger partial charge in [-0.05, 0) is 24.8 Å². The molecule has 0 saturated heterocycles. The zero-order chi connectivity index (χ0) is 8.97. The van der Waals surface area contributed by atoms with Gasteiger partial charge >= 0.3 is 0 Å². The van der Waals surface area contributed by atoms with Crippen molar-refractivity contribution in [3.05, 3.63) is 35.5 Å². The molecule has 62 valence electrons. The van der Waals surface area contributed by atoms with Crippen molar-refractivity contribution < 1.29 is 0 Å². The maximum Gasteiger partial charge on any atom is 0.0991 e. The molecule has 1 aliphatic rings. The maximum absolute atomic E-state index is 8.78. The van der Waals surface area contributed by atoms with E-state index in [0.29, 0.717) is 5.92 Å². The van der Waals surface area contributed by atoms with E-state index < -0.39 is 0 Å². The first-order chi connectivity index (χ1) is 5.74. The average Bonchev–Trinajstić information content (AvgIpc) is 2.03. The highest BCUT2D eigenvalue weighted by atomic mass is 14.2. The number of nitrogens with zero attached hydrogens (tertiary/aromatic N) is 1. The fourth-order valence-electron chi connectivity index (χ4n) is 1.16. The lowest BCUT2D eigenvalue weighted by atomic mass is 9.99. The Kier molecular flexibility index (Phi) is 2.88. The first-order valence-electron chi connectivity index (χ1n) is 4.19. The van der Waals surface area contributed by atoms with Gasteiger partial charge in [-0.2, -0.15) is 5.26 Å². The zero-order valence-corrected chi connectivity index (χ0v) is 7.54. The monoisotopic (exact) mass is 159 g/mol. The molecule has 12 heavy (non-hydrogen) atoms. The van der Waals surface area contributed by atoms with Crippen LogP contribution in [-0.4, -0.2) is 0 Å². The van der Waals surface area contributed by atoms with Gasteiger partial charge in [0.15, 0.2) is 0 Å². The third-order valence-electron chi connectivity index (χ3n) is 2.02. The summed E-state index contributed by atoms with van der Waals surface area (Å²) in [5.74, 6) is 0.540. The standard InChI is InChI=1S/C11H13N/c1-9-4-3-5-10(2)11(8-12)7-6-9/h3-5,7,9H,6H2,1-2H3/b4-3-,10-5?,11-7?. The Labute approximate surface area is 73.7 Å². The van der Waals surface area contributed by atoms with E-state index in [1.807, 2.05) is 25.2 Å². The minimum atomic E-state index is 0.540. The van der Waals surface area contributed by atoms with Gasteiger partial charge in [0.2, 0.25) is 0 Å². The molecule has 1 rings (SSSR count). The molecule has 0 N–H and O–H groups in total. The Bertz CT molecular complexity index is 287. The van der Waals surface area contributed by atoms with Gasteiger partial charge in [-0.25, -0.2) is 0 Å². The molecule has 0 radical (unpaired) electrons. The summed E-state index contributed by atoms with van der Waals surface area (Å²) in [5, 5.41) is 8.78. The van der Waals surface area contributed by atoms with Crippen molar-refractivity contribution >= 4 is 0 Å². The largest absolute Gasteiger partial charge is 0.192 e. The SMILES string of the molecule is CC1=C/C=C\C(C)CC=C1C#N. The van der Waals surface area contributed by atoms with E-state index in [0.717, 1.165) is 17.6 Å². The Morgan fingerprint density at radius 3 is 3.00 bits per heavy atom. The van der Waals surface area contributed by atoms with Crippen molar-refractivity contribution in [3.8, 4) is 6.07 Å². The first-order valence-corrected chi connectivity index (χ1v) is 4.19. The molecule has 0 saturated carbocycles. The Morgan fingerprint density at radius 1 is 1.58 bits per heavy atom. The van der Waals surface area contributed by atoms with Crippen LogP contribution in [0.25, 0.3) is 0 Å². The van der Waals surface area contributed by atoms with Crippen LogP contribution in [0.2, 0.25) is 0 Å². The molecule has 0 aromatic heterocycles. The van der Waals surface area contributed by atoms with Crippen molar-refractivity contribution in [2.45, 2.75) is 20.3 Å². The molecule has 1 nitrogen and oxygen atoms in total. The summed E-state index contributed by atoms with van der Waals surface area (Å²) in [7, 11) is 0. The van der Waals surface area contributed by atoms with Gasteiger partial charge in [0.05, 0.1) is 11.6 Å². The summed E-state index contributed by atoms with van der Waals surface area (Å²) in [6.45, 7) is 4.12. The van der Waals surface area contributed by atoms with Crippen molar-refractivity contribution in [2.75, 3.05) is 0 Å². The van der Waals surface area contributed by atoms with Gasteiger partial charge in [0.25, 0.3) is 0 Å². The molecule has 0 spiro atoms. The molecular weight excluding hydrogens is 146 g/mol. The molecule has 1 heteroatoms. The Balaban J connectivity index is 2.95. The molecule has 1 aliphatic carbocycles. The Hall–Kier alpha value is -1.29. The molecule has 1 unspecified atom stereocenters. The number of hydrogen-bond acceptors (Lipinski definition) is 1. The highest BCUT2D eigenvalue weighted by Gasteiger charge is 2.01. The second-order valence-electron chi connectivity index (χ2n) is 3.18. The van der Waals surface area contributed by atoms with Gasteiger partial charge < -0.3 is 0 Å². The number of hydrogen-bond donors (Lipinski definition) is 0. The van der Waals surface area contributed by atoms with Crippen molar-refractivity contribution in [3.63, 3.8) is 0 Å². The van der Waals surface area contributed by atoms with Crippen molar-refractivity contribution in [2.24, 2.45) is 5.92 Å². The predicted octanol–water partition coefficient (Wildman–Crippen LogP) is 2.98. The molecule has 0 aliphatic heterocycles. The van der Waals surface area contributed by atoms with E-state index in [1.54, 1.807) is 0 Å². The van der Waals surface area contributed by atoms with Crippen LogP contribution >= 0.6 is 0 Å². The van der Waals surface area contributed by atoms with Gasteiger partial charge in [-0.15, -0.1) is 0 Å². The van der Waals surface area contributed by atoms with E-state index in [4.69, 9.17) is 5.26 Å². The highest BCUT2D eigenvalue weighted by molar-refractivity contribution is 5.42. The van der Waals surface area contributed by atoms with Crippen LogP contribution in [-0.2, 0) is 0 Å². The van der Waals surface area contributed by atoms with Crippen molar-refractivity contribution in [1.29, 1.82) is 5.26 Å². The lowest BCUT2D eigenvalue weighted by Gasteiger charge is -2.05. The smallest absolute Gasteiger partial charge is 0.0991 e.